The van der Waals surface area contributed by atoms with Gasteiger partial charge in [-0.25, -0.2) is 12.8 Å². The fourth-order valence-electron chi connectivity index (χ4n) is 1.26. The SMILES string of the molecule is C[C@H]([C@H](N)c1ccccc1F)S(C)(=O)=O. The fourth-order valence-corrected chi connectivity index (χ4v) is 1.94. The van der Waals surface area contributed by atoms with Gasteiger partial charge in [0.1, 0.15) is 5.82 Å². The number of benzene rings is 1. The van der Waals surface area contributed by atoms with Gasteiger partial charge in [0, 0.05) is 17.9 Å². The highest BCUT2D eigenvalue weighted by molar-refractivity contribution is 7.91. The van der Waals surface area contributed by atoms with Crippen LogP contribution in [0.1, 0.15) is 18.5 Å². The van der Waals surface area contributed by atoms with Crippen LogP contribution in [-0.2, 0) is 9.84 Å². The maximum Gasteiger partial charge on any atom is 0.151 e. The molecule has 0 radical (unpaired) electrons. The minimum absolute atomic E-state index is 0.232. The minimum atomic E-state index is -3.26. The molecule has 0 aromatic heterocycles. The molecule has 0 amide bonds. The molecule has 0 saturated carbocycles. The molecule has 0 aliphatic carbocycles. The Morgan fingerprint density at radius 3 is 2.33 bits per heavy atom. The van der Waals surface area contributed by atoms with Gasteiger partial charge in [0.05, 0.1) is 5.25 Å². The van der Waals surface area contributed by atoms with Crippen molar-refractivity contribution in [3.63, 3.8) is 0 Å². The lowest BCUT2D eigenvalue weighted by atomic mass is 10.0. The Bertz CT molecular complexity index is 444. The molecule has 2 N–H and O–H groups in total. The van der Waals surface area contributed by atoms with E-state index in [2.05, 4.69) is 0 Å². The molecule has 3 nitrogen and oxygen atoms in total. The first-order valence-corrected chi connectivity index (χ1v) is 6.48. The van der Waals surface area contributed by atoms with Crippen molar-refractivity contribution >= 4 is 9.84 Å². The van der Waals surface area contributed by atoms with Crippen LogP contribution in [0.2, 0.25) is 0 Å². The largest absolute Gasteiger partial charge is 0.323 e. The third-order valence-corrected chi connectivity index (χ3v) is 4.09. The second-order valence-corrected chi connectivity index (χ2v) is 5.98. The quantitative estimate of drug-likeness (QED) is 0.852. The normalized spacial score (nSPS) is 16.0. The molecule has 15 heavy (non-hydrogen) atoms. The van der Waals surface area contributed by atoms with E-state index in [0.29, 0.717) is 0 Å². The zero-order chi connectivity index (χ0) is 11.6. The summed E-state index contributed by atoms with van der Waals surface area (Å²) in [5.74, 6) is -0.472. The Labute approximate surface area is 89.0 Å². The lowest BCUT2D eigenvalue weighted by Gasteiger charge is -2.18. The second kappa shape index (κ2) is 4.28. The second-order valence-electron chi connectivity index (χ2n) is 3.58. The molecule has 1 rings (SSSR count). The maximum absolute atomic E-state index is 13.3. The molecule has 2 atom stereocenters. The summed E-state index contributed by atoms with van der Waals surface area (Å²) in [5.41, 5.74) is 5.94. The van der Waals surface area contributed by atoms with E-state index in [1.807, 2.05) is 0 Å². The van der Waals surface area contributed by atoms with Crippen LogP contribution in [0, 0.1) is 5.82 Å². The molecule has 0 heterocycles. The number of sulfone groups is 1. The van der Waals surface area contributed by atoms with Gasteiger partial charge in [-0.15, -0.1) is 0 Å². The van der Waals surface area contributed by atoms with Crippen molar-refractivity contribution in [2.24, 2.45) is 5.73 Å². The topological polar surface area (TPSA) is 60.2 Å². The maximum atomic E-state index is 13.3. The molecule has 84 valence electrons. The molecule has 0 spiro atoms. The van der Waals surface area contributed by atoms with E-state index in [9.17, 15) is 12.8 Å². The van der Waals surface area contributed by atoms with Crippen molar-refractivity contribution in [2.45, 2.75) is 18.2 Å². The third kappa shape index (κ3) is 2.76. The molecule has 5 heteroatoms. The van der Waals surface area contributed by atoms with Crippen molar-refractivity contribution in [2.75, 3.05) is 6.26 Å². The Hall–Kier alpha value is -0.940. The van der Waals surface area contributed by atoms with E-state index in [1.165, 1.54) is 25.1 Å². The first kappa shape index (κ1) is 12.1. The highest BCUT2D eigenvalue weighted by Crippen LogP contribution is 2.21. The van der Waals surface area contributed by atoms with Gasteiger partial charge >= 0.3 is 0 Å². The van der Waals surface area contributed by atoms with Crippen molar-refractivity contribution < 1.29 is 12.8 Å². The van der Waals surface area contributed by atoms with Gasteiger partial charge < -0.3 is 5.73 Å². The number of nitrogens with two attached hydrogens (primary N) is 1. The predicted molar refractivity (Wildman–Crippen MR) is 57.6 cm³/mol. The first-order valence-electron chi connectivity index (χ1n) is 4.53. The first-order chi connectivity index (χ1) is 6.84. The van der Waals surface area contributed by atoms with Gasteiger partial charge in [-0.1, -0.05) is 18.2 Å². The molecule has 0 aliphatic heterocycles. The summed E-state index contributed by atoms with van der Waals surface area (Å²) in [5, 5.41) is -0.797. The summed E-state index contributed by atoms with van der Waals surface area (Å²) in [6.07, 6.45) is 1.10. The van der Waals surface area contributed by atoms with E-state index in [4.69, 9.17) is 5.73 Å². The van der Waals surface area contributed by atoms with Crippen LogP contribution in [0.5, 0.6) is 0 Å². The number of halogens is 1. The molecule has 0 unspecified atom stereocenters. The van der Waals surface area contributed by atoms with Crippen LogP contribution in [-0.4, -0.2) is 19.9 Å². The number of hydrogen-bond donors (Lipinski definition) is 1. The Kier molecular flexibility index (Phi) is 3.46. The van der Waals surface area contributed by atoms with Gasteiger partial charge in [-0.05, 0) is 13.0 Å². The Morgan fingerprint density at radius 2 is 1.87 bits per heavy atom. The van der Waals surface area contributed by atoms with E-state index in [1.54, 1.807) is 6.07 Å². The molecule has 1 aromatic rings. The Balaban J connectivity index is 3.06. The zero-order valence-electron chi connectivity index (χ0n) is 8.64. The minimum Gasteiger partial charge on any atom is -0.323 e. The van der Waals surface area contributed by atoms with Crippen molar-refractivity contribution in [1.29, 1.82) is 0 Å². The summed E-state index contributed by atoms with van der Waals surface area (Å²) in [6.45, 7) is 1.48. The smallest absolute Gasteiger partial charge is 0.151 e. The monoisotopic (exact) mass is 231 g/mol. The van der Waals surface area contributed by atoms with Crippen molar-refractivity contribution in [3.8, 4) is 0 Å². The van der Waals surface area contributed by atoms with Crippen LogP contribution in [0.15, 0.2) is 24.3 Å². The fraction of sp³-hybridized carbons (Fsp3) is 0.400. The van der Waals surface area contributed by atoms with Gasteiger partial charge in [0.25, 0.3) is 0 Å². The molecular weight excluding hydrogens is 217 g/mol. The molecule has 0 bridgehead atoms. The lowest BCUT2D eigenvalue weighted by Crippen LogP contribution is -2.31. The van der Waals surface area contributed by atoms with Gasteiger partial charge in [0.2, 0.25) is 0 Å². The van der Waals surface area contributed by atoms with Gasteiger partial charge in [-0.2, -0.15) is 0 Å². The van der Waals surface area contributed by atoms with Crippen LogP contribution in [0.3, 0.4) is 0 Å². The van der Waals surface area contributed by atoms with Crippen molar-refractivity contribution in [1.82, 2.24) is 0 Å². The summed E-state index contributed by atoms with van der Waals surface area (Å²) in [7, 11) is -3.26. The van der Waals surface area contributed by atoms with E-state index in [0.717, 1.165) is 6.26 Å². The van der Waals surface area contributed by atoms with Crippen LogP contribution >= 0.6 is 0 Å². The molecular formula is C10H14FNO2S. The van der Waals surface area contributed by atoms with Gasteiger partial charge in [-0.3, -0.25) is 0 Å². The van der Waals surface area contributed by atoms with E-state index >= 15 is 0 Å². The standard InChI is InChI=1S/C10H14FNO2S/c1-7(15(2,13)14)10(12)8-5-3-4-6-9(8)11/h3-7,10H,12H2,1-2H3/t7-,10+/m1/s1. The highest BCUT2D eigenvalue weighted by atomic mass is 32.2. The lowest BCUT2D eigenvalue weighted by molar-refractivity contribution is 0.550. The zero-order valence-corrected chi connectivity index (χ0v) is 9.46. The summed E-state index contributed by atoms with van der Waals surface area (Å²) >= 11 is 0. The molecule has 0 aliphatic rings. The predicted octanol–water partition coefficient (Wildman–Crippen LogP) is 1.26. The molecule has 0 fully saturated rings. The summed E-state index contributed by atoms with van der Waals surface area (Å²) < 4.78 is 35.8. The molecule has 0 saturated heterocycles. The van der Waals surface area contributed by atoms with Gasteiger partial charge in [0.15, 0.2) is 9.84 Å². The van der Waals surface area contributed by atoms with Crippen LogP contribution in [0.4, 0.5) is 4.39 Å². The Morgan fingerprint density at radius 1 is 1.33 bits per heavy atom. The highest BCUT2D eigenvalue weighted by Gasteiger charge is 2.25. The summed E-state index contributed by atoms with van der Waals surface area (Å²) in [4.78, 5) is 0. The number of hydrogen-bond acceptors (Lipinski definition) is 3. The van der Waals surface area contributed by atoms with Crippen molar-refractivity contribution in [3.05, 3.63) is 35.6 Å². The van der Waals surface area contributed by atoms with E-state index in [-0.39, 0.29) is 5.56 Å². The third-order valence-electron chi connectivity index (χ3n) is 2.45. The van der Waals surface area contributed by atoms with Crippen LogP contribution in [0.25, 0.3) is 0 Å². The average Bonchev–Trinajstić information content (AvgIpc) is 2.15. The molecule has 1 aromatic carbocycles. The average molecular weight is 231 g/mol. The summed E-state index contributed by atoms with van der Waals surface area (Å²) in [6, 6.07) is 5.11. The van der Waals surface area contributed by atoms with E-state index < -0.39 is 26.9 Å². The van der Waals surface area contributed by atoms with Crippen LogP contribution < -0.4 is 5.73 Å². The number of rotatable bonds is 3.